The average molecular weight is 273 g/mol. The lowest BCUT2D eigenvalue weighted by atomic mass is 10.1. The molecule has 0 amide bonds. The van der Waals surface area contributed by atoms with Gasteiger partial charge in [0, 0.05) is 12.7 Å². The molecule has 0 aromatic carbocycles. The molecule has 2 aromatic rings. The minimum Gasteiger partial charge on any atom is -0.478 e. The number of aromatic carboxylic acids is 1. The lowest BCUT2D eigenvalue weighted by Crippen LogP contribution is -2.24. The van der Waals surface area contributed by atoms with Gasteiger partial charge in [0.2, 0.25) is 0 Å². The molecule has 1 saturated heterocycles. The van der Waals surface area contributed by atoms with Gasteiger partial charge in [0.15, 0.2) is 0 Å². The van der Waals surface area contributed by atoms with Gasteiger partial charge in [-0.1, -0.05) is 18.9 Å². The molecule has 3 heterocycles. The minimum absolute atomic E-state index is 0.287. The first kappa shape index (κ1) is 13.1. The lowest BCUT2D eigenvalue weighted by molar-refractivity contribution is 0.0699. The van der Waals surface area contributed by atoms with Crippen LogP contribution in [0.2, 0.25) is 0 Å². The number of rotatable bonds is 3. The lowest BCUT2D eigenvalue weighted by Gasteiger charge is -2.20. The maximum absolute atomic E-state index is 11.3. The molecule has 1 aliphatic rings. The van der Waals surface area contributed by atoms with Gasteiger partial charge in [-0.3, -0.25) is 4.90 Å². The highest BCUT2D eigenvalue weighted by Gasteiger charge is 2.17. The molecule has 20 heavy (non-hydrogen) atoms. The second-order valence-electron chi connectivity index (χ2n) is 5.38. The van der Waals surface area contributed by atoms with E-state index in [0.717, 1.165) is 30.7 Å². The largest absolute Gasteiger partial charge is 0.478 e. The maximum atomic E-state index is 11.3. The Morgan fingerprint density at radius 2 is 2.00 bits per heavy atom. The Labute approximate surface area is 117 Å². The third-order valence-corrected chi connectivity index (χ3v) is 3.95. The van der Waals surface area contributed by atoms with Crippen molar-refractivity contribution in [1.82, 2.24) is 14.5 Å². The van der Waals surface area contributed by atoms with Gasteiger partial charge in [-0.2, -0.15) is 5.10 Å². The third kappa shape index (κ3) is 2.54. The van der Waals surface area contributed by atoms with Gasteiger partial charge in [-0.05, 0) is 37.6 Å². The van der Waals surface area contributed by atoms with Crippen molar-refractivity contribution < 1.29 is 9.90 Å². The van der Waals surface area contributed by atoms with E-state index in [1.54, 1.807) is 10.7 Å². The Hall–Kier alpha value is -1.88. The van der Waals surface area contributed by atoms with Crippen molar-refractivity contribution >= 4 is 11.5 Å². The van der Waals surface area contributed by atoms with E-state index in [1.807, 2.05) is 12.1 Å². The zero-order chi connectivity index (χ0) is 13.9. The number of hydrogen-bond donors (Lipinski definition) is 1. The van der Waals surface area contributed by atoms with Crippen molar-refractivity contribution in [3.8, 4) is 0 Å². The van der Waals surface area contributed by atoms with Crippen molar-refractivity contribution in [3.63, 3.8) is 0 Å². The summed E-state index contributed by atoms with van der Waals surface area (Å²) in [5.41, 5.74) is 2.06. The van der Waals surface area contributed by atoms with E-state index < -0.39 is 5.97 Å². The molecule has 1 fully saturated rings. The first-order valence-electron chi connectivity index (χ1n) is 7.16. The van der Waals surface area contributed by atoms with E-state index in [2.05, 4.69) is 10.00 Å². The number of pyridine rings is 1. The van der Waals surface area contributed by atoms with Crippen molar-refractivity contribution in [2.45, 2.75) is 32.2 Å². The number of hydrogen-bond acceptors (Lipinski definition) is 3. The summed E-state index contributed by atoms with van der Waals surface area (Å²) in [4.78, 5) is 13.7. The fraction of sp³-hybridized carbons (Fsp3) is 0.467. The van der Waals surface area contributed by atoms with Gasteiger partial charge in [0.25, 0.3) is 0 Å². The van der Waals surface area contributed by atoms with Crippen LogP contribution < -0.4 is 0 Å². The summed E-state index contributed by atoms with van der Waals surface area (Å²) >= 11 is 0. The fourth-order valence-electron chi connectivity index (χ4n) is 2.93. The smallest absolute Gasteiger partial charge is 0.339 e. The van der Waals surface area contributed by atoms with E-state index in [1.165, 1.54) is 31.9 Å². The zero-order valence-corrected chi connectivity index (χ0v) is 11.5. The molecular formula is C15H19N3O2. The maximum Gasteiger partial charge on any atom is 0.339 e. The standard InChI is InChI=1S/C15H19N3O2/c19-15(20)13-10-16-18-9-5-6-12(14(13)18)11-17-7-3-1-2-4-8-17/h5-6,9-10H,1-4,7-8,11H2,(H,19,20). The summed E-state index contributed by atoms with van der Waals surface area (Å²) in [6.45, 7) is 2.99. The molecule has 0 saturated carbocycles. The van der Waals surface area contributed by atoms with Crippen LogP contribution in [0, 0.1) is 0 Å². The fourth-order valence-corrected chi connectivity index (χ4v) is 2.93. The summed E-state index contributed by atoms with van der Waals surface area (Å²) in [6, 6.07) is 3.94. The molecule has 0 atom stereocenters. The van der Waals surface area contributed by atoms with Crippen LogP contribution in [0.4, 0.5) is 0 Å². The molecule has 5 heteroatoms. The number of fused-ring (bicyclic) bond motifs is 1. The SMILES string of the molecule is O=C(O)c1cnn2cccc(CN3CCCCCC3)c12. The van der Waals surface area contributed by atoms with Gasteiger partial charge in [0.05, 0.1) is 11.7 Å². The van der Waals surface area contributed by atoms with Crippen LogP contribution in [-0.4, -0.2) is 38.7 Å². The van der Waals surface area contributed by atoms with Crippen LogP contribution in [0.15, 0.2) is 24.5 Å². The van der Waals surface area contributed by atoms with Crippen LogP contribution in [0.5, 0.6) is 0 Å². The Kier molecular flexibility index (Phi) is 3.69. The topological polar surface area (TPSA) is 57.8 Å². The van der Waals surface area contributed by atoms with E-state index in [4.69, 9.17) is 0 Å². The summed E-state index contributed by atoms with van der Waals surface area (Å²) in [7, 11) is 0. The second kappa shape index (κ2) is 5.63. The first-order valence-corrected chi connectivity index (χ1v) is 7.16. The van der Waals surface area contributed by atoms with Crippen molar-refractivity contribution in [2.75, 3.05) is 13.1 Å². The van der Waals surface area contributed by atoms with Crippen molar-refractivity contribution in [3.05, 3.63) is 35.7 Å². The number of nitrogens with zero attached hydrogens (tertiary/aromatic N) is 3. The molecule has 0 spiro atoms. The Balaban J connectivity index is 1.93. The van der Waals surface area contributed by atoms with Gasteiger partial charge in [-0.15, -0.1) is 0 Å². The third-order valence-electron chi connectivity index (χ3n) is 3.95. The highest BCUT2D eigenvalue weighted by Crippen LogP contribution is 2.20. The van der Waals surface area contributed by atoms with Gasteiger partial charge in [-0.25, -0.2) is 9.31 Å². The Morgan fingerprint density at radius 1 is 1.25 bits per heavy atom. The molecule has 1 N–H and O–H groups in total. The molecule has 0 bridgehead atoms. The predicted octanol–water partition coefficient (Wildman–Crippen LogP) is 2.41. The van der Waals surface area contributed by atoms with Crippen molar-refractivity contribution in [2.24, 2.45) is 0 Å². The predicted molar refractivity (Wildman–Crippen MR) is 75.9 cm³/mol. The van der Waals surface area contributed by atoms with E-state index in [9.17, 15) is 9.90 Å². The van der Waals surface area contributed by atoms with E-state index in [-0.39, 0.29) is 5.56 Å². The van der Waals surface area contributed by atoms with Crippen LogP contribution in [0.3, 0.4) is 0 Å². The summed E-state index contributed by atoms with van der Waals surface area (Å²) < 4.78 is 1.66. The number of carbonyl (C=O) groups is 1. The highest BCUT2D eigenvalue weighted by atomic mass is 16.4. The van der Waals surface area contributed by atoms with Gasteiger partial charge >= 0.3 is 5.97 Å². The molecule has 2 aromatic heterocycles. The Morgan fingerprint density at radius 3 is 2.70 bits per heavy atom. The summed E-state index contributed by atoms with van der Waals surface area (Å²) in [6.07, 6.45) is 8.29. The highest BCUT2D eigenvalue weighted by molar-refractivity contribution is 5.96. The molecular weight excluding hydrogens is 254 g/mol. The molecule has 5 nitrogen and oxygen atoms in total. The average Bonchev–Trinajstić information content (AvgIpc) is 2.72. The molecule has 0 unspecified atom stereocenters. The van der Waals surface area contributed by atoms with E-state index >= 15 is 0 Å². The second-order valence-corrected chi connectivity index (χ2v) is 5.38. The van der Waals surface area contributed by atoms with E-state index in [0.29, 0.717) is 0 Å². The van der Waals surface area contributed by atoms with Crippen LogP contribution in [0.1, 0.15) is 41.6 Å². The normalized spacial score (nSPS) is 17.2. The molecule has 3 rings (SSSR count). The number of likely N-dealkylation sites (tertiary alicyclic amines) is 1. The number of aromatic nitrogens is 2. The summed E-state index contributed by atoms with van der Waals surface area (Å²) in [5, 5.41) is 13.4. The molecule has 0 aliphatic carbocycles. The minimum atomic E-state index is -0.914. The van der Waals surface area contributed by atoms with Crippen LogP contribution >= 0.6 is 0 Å². The quantitative estimate of drug-likeness (QED) is 0.933. The van der Waals surface area contributed by atoms with Gasteiger partial charge < -0.3 is 5.11 Å². The van der Waals surface area contributed by atoms with Crippen LogP contribution in [0.25, 0.3) is 5.52 Å². The van der Waals surface area contributed by atoms with Crippen LogP contribution in [-0.2, 0) is 6.54 Å². The monoisotopic (exact) mass is 273 g/mol. The van der Waals surface area contributed by atoms with Crippen molar-refractivity contribution in [1.29, 1.82) is 0 Å². The molecule has 1 aliphatic heterocycles. The summed E-state index contributed by atoms with van der Waals surface area (Å²) in [5.74, 6) is -0.914. The first-order chi connectivity index (χ1) is 9.75. The number of carboxylic acid groups (broad SMARTS) is 1. The number of carboxylic acids is 1. The zero-order valence-electron chi connectivity index (χ0n) is 11.5. The molecule has 106 valence electrons. The Bertz CT molecular complexity index is 613. The van der Waals surface area contributed by atoms with Gasteiger partial charge in [0.1, 0.15) is 5.56 Å². The molecule has 0 radical (unpaired) electrons.